The molecule has 1 unspecified atom stereocenters. The number of ether oxygens (including phenoxy) is 2. The minimum Gasteiger partial charge on any atom is -0.381 e. The molecule has 0 aliphatic carbocycles. The Hall–Kier alpha value is -1.18. The van der Waals surface area contributed by atoms with E-state index in [0.717, 1.165) is 45.6 Å². The lowest BCUT2D eigenvalue weighted by Gasteiger charge is -2.33. The lowest BCUT2D eigenvalue weighted by Crippen LogP contribution is -2.49. The smallest absolute Gasteiger partial charge is 0.237 e. The van der Waals surface area contributed by atoms with Crippen molar-refractivity contribution in [2.75, 3.05) is 53.0 Å². The minimum absolute atomic E-state index is 0.00730. The van der Waals surface area contributed by atoms with Crippen LogP contribution in [0, 0.1) is 5.92 Å². The van der Waals surface area contributed by atoms with Gasteiger partial charge in [0.05, 0.1) is 19.3 Å². The maximum absolute atomic E-state index is 12.5. The number of primary amides is 1. The molecule has 0 spiro atoms. The first kappa shape index (κ1) is 18.2. The average Bonchev–Trinajstić information content (AvgIpc) is 2.52. The second-order valence-corrected chi connectivity index (χ2v) is 6.59. The standard InChI is InChI=1S/C16H29N3O4/c1-18-6-9-23-14(10-18)11-19(12-15(17)20)16(21)3-2-13-4-7-22-8-5-13/h13-14H,2-12H2,1H3,(H2,17,20). The number of likely N-dealkylation sites (N-methyl/N-ethyl adjacent to an activating group) is 1. The molecular weight excluding hydrogens is 298 g/mol. The van der Waals surface area contributed by atoms with Gasteiger partial charge in [-0.3, -0.25) is 9.59 Å². The van der Waals surface area contributed by atoms with Crippen molar-refractivity contribution in [3.05, 3.63) is 0 Å². The number of amides is 2. The summed E-state index contributed by atoms with van der Waals surface area (Å²) in [7, 11) is 2.03. The Balaban J connectivity index is 1.82. The van der Waals surface area contributed by atoms with Gasteiger partial charge in [0.2, 0.25) is 11.8 Å². The molecule has 7 heteroatoms. The van der Waals surface area contributed by atoms with Crippen LogP contribution in [0.4, 0.5) is 0 Å². The third kappa shape index (κ3) is 6.45. The third-order valence-corrected chi connectivity index (χ3v) is 4.57. The Morgan fingerprint density at radius 1 is 1.26 bits per heavy atom. The van der Waals surface area contributed by atoms with E-state index in [1.165, 1.54) is 0 Å². The summed E-state index contributed by atoms with van der Waals surface area (Å²) >= 11 is 0. The highest BCUT2D eigenvalue weighted by molar-refractivity contribution is 5.83. The highest BCUT2D eigenvalue weighted by atomic mass is 16.5. The molecule has 2 fully saturated rings. The second kappa shape index (κ2) is 9.20. The van der Waals surface area contributed by atoms with Crippen LogP contribution >= 0.6 is 0 Å². The van der Waals surface area contributed by atoms with Crippen molar-refractivity contribution in [2.24, 2.45) is 11.7 Å². The van der Waals surface area contributed by atoms with E-state index >= 15 is 0 Å². The van der Waals surface area contributed by atoms with E-state index in [0.29, 0.717) is 25.5 Å². The zero-order valence-corrected chi connectivity index (χ0v) is 14.0. The van der Waals surface area contributed by atoms with Gasteiger partial charge in [-0.25, -0.2) is 0 Å². The van der Waals surface area contributed by atoms with E-state index in [-0.39, 0.29) is 18.6 Å². The van der Waals surface area contributed by atoms with Crippen molar-refractivity contribution < 1.29 is 19.1 Å². The molecule has 7 nitrogen and oxygen atoms in total. The van der Waals surface area contributed by atoms with E-state index in [1.54, 1.807) is 4.90 Å². The molecule has 2 aliphatic heterocycles. The Kier molecular flexibility index (Phi) is 7.26. The summed E-state index contributed by atoms with van der Waals surface area (Å²) in [4.78, 5) is 27.5. The highest BCUT2D eigenvalue weighted by Gasteiger charge is 2.25. The predicted octanol–water partition coefficient (Wildman–Crippen LogP) is -0.162. The first-order chi connectivity index (χ1) is 11.0. The summed E-state index contributed by atoms with van der Waals surface area (Å²) in [6.07, 6.45) is 3.28. The maximum Gasteiger partial charge on any atom is 0.237 e. The summed E-state index contributed by atoms with van der Waals surface area (Å²) in [5, 5.41) is 0. The average molecular weight is 327 g/mol. The van der Waals surface area contributed by atoms with Crippen LogP contribution in [0.2, 0.25) is 0 Å². The predicted molar refractivity (Wildman–Crippen MR) is 85.8 cm³/mol. The topological polar surface area (TPSA) is 85.1 Å². The summed E-state index contributed by atoms with van der Waals surface area (Å²) in [5.41, 5.74) is 5.30. The monoisotopic (exact) mass is 327 g/mol. The molecule has 0 saturated carbocycles. The number of hydrogen-bond acceptors (Lipinski definition) is 5. The van der Waals surface area contributed by atoms with Gasteiger partial charge in [-0.1, -0.05) is 0 Å². The van der Waals surface area contributed by atoms with E-state index < -0.39 is 5.91 Å². The fourth-order valence-corrected chi connectivity index (χ4v) is 3.19. The van der Waals surface area contributed by atoms with Crippen molar-refractivity contribution in [3.63, 3.8) is 0 Å². The molecule has 0 radical (unpaired) electrons. The van der Waals surface area contributed by atoms with Gasteiger partial charge in [0.15, 0.2) is 0 Å². The molecule has 2 saturated heterocycles. The number of hydrogen-bond donors (Lipinski definition) is 1. The molecule has 2 aliphatic rings. The van der Waals surface area contributed by atoms with Gasteiger partial charge in [0, 0.05) is 39.3 Å². The highest BCUT2D eigenvalue weighted by Crippen LogP contribution is 2.20. The summed E-state index contributed by atoms with van der Waals surface area (Å²) < 4.78 is 11.0. The van der Waals surface area contributed by atoms with Gasteiger partial charge in [0.1, 0.15) is 0 Å². The Labute approximate surface area is 138 Å². The van der Waals surface area contributed by atoms with Crippen molar-refractivity contribution >= 4 is 11.8 Å². The van der Waals surface area contributed by atoms with Crippen molar-refractivity contribution in [3.8, 4) is 0 Å². The molecule has 132 valence electrons. The van der Waals surface area contributed by atoms with Gasteiger partial charge in [0.25, 0.3) is 0 Å². The second-order valence-electron chi connectivity index (χ2n) is 6.59. The molecular formula is C16H29N3O4. The molecule has 2 heterocycles. The SMILES string of the molecule is CN1CCOC(CN(CC(N)=O)C(=O)CCC2CCOCC2)C1. The van der Waals surface area contributed by atoms with Gasteiger partial charge in [-0.2, -0.15) is 0 Å². The number of carbonyl (C=O) groups is 2. The van der Waals surface area contributed by atoms with Crippen LogP contribution in [0.1, 0.15) is 25.7 Å². The molecule has 0 aromatic carbocycles. The van der Waals surface area contributed by atoms with Crippen LogP contribution < -0.4 is 5.73 Å². The first-order valence-corrected chi connectivity index (χ1v) is 8.48. The number of morpholine rings is 1. The molecule has 0 aromatic rings. The number of nitrogens with zero attached hydrogens (tertiary/aromatic N) is 2. The van der Waals surface area contributed by atoms with Crippen LogP contribution in [-0.4, -0.2) is 80.8 Å². The van der Waals surface area contributed by atoms with Crippen LogP contribution in [0.25, 0.3) is 0 Å². The van der Waals surface area contributed by atoms with Gasteiger partial charge >= 0.3 is 0 Å². The lowest BCUT2D eigenvalue weighted by molar-refractivity contribution is -0.138. The lowest BCUT2D eigenvalue weighted by atomic mass is 9.94. The maximum atomic E-state index is 12.5. The molecule has 2 rings (SSSR count). The molecule has 0 bridgehead atoms. The van der Waals surface area contributed by atoms with Crippen LogP contribution in [-0.2, 0) is 19.1 Å². The fourth-order valence-electron chi connectivity index (χ4n) is 3.19. The Morgan fingerprint density at radius 2 is 2.00 bits per heavy atom. The number of rotatable bonds is 7. The largest absolute Gasteiger partial charge is 0.381 e. The normalized spacial score (nSPS) is 23.6. The van der Waals surface area contributed by atoms with Crippen molar-refractivity contribution in [1.82, 2.24) is 9.80 Å². The molecule has 23 heavy (non-hydrogen) atoms. The van der Waals surface area contributed by atoms with E-state index in [2.05, 4.69) is 4.90 Å². The van der Waals surface area contributed by atoms with Crippen LogP contribution in [0.3, 0.4) is 0 Å². The zero-order valence-electron chi connectivity index (χ0n) is 14.0. The molecule has 2 amide bonds. The Bertz CT molecular complexity index is 399. The van der Waals surface area contributed by atoms with E-state index in [1.807, 2.05) is 7.05 Å². The Morgan fingerprint density at radius 3 is 2.65 bits per heavy atom. The van der Waals surface area contributed by atoms with Gasteiger partial charge < -0.3 is 25.0 Å². The van der Waals surface area contributed by atoms with Gasteiger partial charge in [-0.15, -0.1) is 0 Å². The summed E-state index contributed by atoms with van der Waals surface area (Å²) in [5.74, 6) is 0.0564. The van der Waals surface area contributed by atoms with Crippen LogP contribution in [0.5, 0.6) is 0 Å². The minimum atomic E-state index is -0.478. The quantitative estimate of drug-likeness (QED) is 0.702. The number of carbonyl (C=O) groups excluding carboxylic acids is 2. The van der Waals surface area contributed by atoms with E-state index in [4.69, 9.17) is 15.2 Å². The summed E-state index contributed by atoms with van der Waals surface area (Å²) in [6.45, 7) is 4.28. The molecule has 0 aromatic heterocycles. The molecule has 1 atom stereocenters. The first-order valence-electron chi connectivity index (χ1n) is 8.48. The summed E-state index contributed by atoms with van der Waals surface area (Å²) in [6, 6.07) is 0. The van der Waals surface area contributed by atoms with E-state index in [9.17, 15) is 9.59 Å². The zero-order chi connectivity index (χ0) is 16.7. The fraction of sp³-hybridized carbons (Fsp3) is 0.875. The van der Waals surface area contributed by atoms with Gasteiger partial charge in [-0.05, 0) is 32.2 Å². The third-order valence-electron chi connectivity index (χ3n) is 4.57. The van der Waals surface area contributed by atoms with Crippen molar-refractivity contribution in [2.45, 2.75) is 31.8 Å². The van der Waals surface area contributed by atoms with Crippen LogP contribution in [0.15, 0.2) is 0 Å². The van der Waals surface area contributed by atoms with Crippen molar-refractivity contribution in [1.29, 1.82) is 0 Å². The number of nitrogens with two attached hydrogens (primary N) is 1. The molecule has 2 N–H and O–H groups in total.